The van der Waals surface area contributed by atoms with Gasteiger partial charge in [-0.15, -0.1) is 0 Å². The molecule has 6 heteroatoms. The van der Waals surface area contributed by atoms with Gasteiger partial charge in [-0.1, -0.05) is 65.7 Å². The Morgan fingerprint density at radius 2 is 1.67 bits per heavy atom. The number of carbonyl (C=O) groups excluding carboxylic acids is 1. The second-order valence-corrected chi connectivity index (χ2v) is 14.6. The molecule has 2 aliphatic heterocycles. The van der Waals surface area contributed by atoms with E-state index in [1.807, 2.05) is 54.4 Å². The summed E-state index contributed by atoms with van der Waals surface area (Å²) in [4.78, 5) is 19.2. The number of rotatable bonds is 7. The lowest BCUT2D eigenvalue weighted by molar-refractivity contribution is 0.0783. The van der Waals surface area contributed by atoms with Gasteiger partial charge in [-0.05, 0) is 83.0 Å². The van der Waals surface area contributed by atoms with Crippen LogP contribution >= 0.6 is 33.2 Å². The second-order valence-electron chi connectivity index (χ2n) is 10.1. The van der Waals surface area contributed by atoms with E-state index in [1.165, 1.54) is 23.7 Å². The van der Waals surface area contributed by atoms with Crippen molar-refractivity contribution in [3.8, 4) is 0 Å². The Labute approximate surface area is 226 Å². The van der Waals surface area contributed by atoms with Crippen LogP contribution in [0.1, 0.15) is 33.8 Å². The number of carbonyl (C=O) groups is 1. The fraction of sp³-hybridized carbons (Fsp3) is 0.367. The molecule has 36 heavy (non-hydrogen) atoms. The Kier molecular flexibility index (Phi) is 7.97. The number of likely N-dealkylation sites (N-methyl/N-ethyl adjacent to an activating group) is 1. The van der Waals surface area contributed by atoms with Gasteiger partial charge >= 0.3 is 0 Å². The quantitative estimate of drug-likeness (QED) is 0.322. The van der Waals surface area contributed by atoms with Crippen molar-refractivity contribution in [3.63, 3.8) is 0 Å². The molecule has 0 radical (unpaired) electrons. The molecule has 2 aliphatic rings. The molecule has 190 valence electrons. The normalized spacial score (nSPS) is 18.5. The molecule has 3 nitrogen and oxygen atoms in total. The fourth-order valence-corrected chi connectivity index (χ4v) is 10.2. The predicted molar refractivity (Wildman–Crippen MR) is 154 cm³/mol. The Morgan fingerprint density at radius 1 is 0.944 bits per heavy atom. The van der Waals surface area contributed by atoms with Crippen LogP contribution in [0.2, 0.25) is 10.0 Å². The van der Waals surface area contributed by atoms with Crippen LogP contribution in [0, 0.1) is 0 Å². The molecule has 1 atom stereocenters. The molecule has 3 aromatic carbocycles. The number of benzene rings is 3. The molecule has 0 aromatic heterocycles. The van der Waals surface area contributed by atoms with E-state index in [-0.39, 0.29) is 11.8 Å². The summed E-state index contributed by atoms with van der Waals surface area (Å²) in [6.07, 6.45) is 2.23. The molecule has 0 aliphatic carbocycles. The van der Waals surface area contributed by atoms with Gasteiger partial charge in [0, 0.05) is 38.2 Å². The summed E-state index contributed by atoms with van der Waals surface area (Å²) in [6.45, 7) is 3.99. The average molecular weight is 542 g/mol. The zero-order valence-electron chi connectivity index (χ0n) is 20.8. The first-order valence-corrected chi connectivity index (χ1v) is 15.7. The number of amides is 1. The summed E-state index contributed by atoms with van der Waals surface area (Å²) in [5.74, 6) is 4.23. The summed E-state index contributed by atoms with van der Waals surface area (Å²) < 4.78 is 0. The minimum absolute atomic E-state index is 0.0454. The maximum atomic E-state index is 13.1. The third-order valence-corrected chi connectivity index (χ3v) is 12.9. The van der Waals surface area contributed by atoms with Gasteiger partial charge in [0.05, 0.1) is 10.0 Å². The number of hydrogen-bond donors (Lipinski definition) is 0. The van der Waals surface area contributed by atoms with E-state index in [9.17, 15) is 4.79 Å². The number of fused-ring (bicyclic) bond motifs is 2. The Morgan fingerprint density at radius 3 is 2.42 bits per heavy atom. The van der Waals surface area contributed by atoms with Crippen LogP contribution < -0.4 is 0 Å². The Bertz CT molecular complexity index is 1210. The van der Waals surface area contributed by atoms with Gasteiger partial charge in [-0.25, -0.2) is 10.0 Å². The Hall–Kier alpha value is -1.98. The van der Waals surface area contributed by atoms with Gasteiger partial charge < -0.3 is 9.80 Å². The topological polar surface area (TPSA) is 23.6 Å². The van der Waals surface area contributed by atoms with Gasteiger partial charge in [0.15, 0.2) is 0 Å². The fourth-order valence-electron chi connectivity index (χ4n) is 5.70. The van der Waals surface area contributed by atoms with E-state index in [2.05, 4.69) is 35.2 Å². The smallest absolute Gasteiger partial charge is 0.253 e. The maximum Gasteiger partial charge on any atom is 0.253 e. The monoisotopic (exact) mass is 540 g/mol. The van der Waals surface area contributed by atoms with E-state index in [0.717, 1.165) is 31.6 Å². The standard InChI is InChI=1S/C30H34Cl2N2OS/c1-33(30(35)24-8-3-2-4-9-24)22-26(25-11-12-27(31)28(32)21-25)13-15-34-16-19-36(20-17-34)18-14-23-7-5-6-10-29(23)36/h2-12,21,26H,13-20,22H2,1H3. The van der Waals surface area contributed by atoms with Crippen molar-refractivity contribution < 1.29 is 4.79 Å². The molecule has 1 amide bonds. The number of nitrogens with zero attached hydrogens (tertiary/aromatic N) is 2. The van der Waals surface area contributed by atoms with Gasteiger partial charge in [0.1, 0.15) is 0 Å². The maximum absolute atomic E-state index is 13.1. The molecule has 1 fully saturated rings. The summed E-state index contributed by atoms with van der Waals surface area (Å²) in [5.41, 5.74) is 3.45. The van der Waals surface area contributed by atoms with Gasteiger partial charge in [0.2, 0.25) is 0 Å². The molecule has 1 spiro atoms. The van der Waals surface area contributed by atoms with Crippen LogP contribution in [0.15, 0.2) is 77.7 Å². The second kappa shape index (κ2) is 11.2. The van der Waals surface area contributed by atoms with Crippen molar-refractivity contribution >= 4 is 39.1 Å². The minimum atomic E-state index is -0.643. The average Bonchev–Trinajstić information content (AvgIpc) is 3.27. The molecule has 1 unspecified atom stereocenters. The van der Waals surface area contributed by atoms with Crippen LogP contribution in [0.25, 0.3) is 0 Å². The predicted octanol–water partition coefficient (Wildman–Crippen LogP) is 6.97. The lowest BCUT2D eigenvalue weighted by Crippen LogP contribution is -2.40. The van der Waals surface area contributed by atoms with E-state index in [1.54, 1.807) is 10.5 Å². The van der Waals surface area contributed by atoms with Crippen LogP contribution in [0.4, 0.5) is 0 Å². The third-order valence-electron chi connectivity index (χ3n) is 7.87. The van der Waals surface area contributed by atoms with Gasteiger partial charge in [-0.2, -0.15) is 0 Å². The van der Waals surface area contributed by atoms with Crippen LogP contribution in [0.5, 0.6) is 0 Å². The van der Waals surface area contributed by atoms with Crippen LogP contribution in [-0.2, 0) is 6.42 Å². The SMILES string of the molecule is CN(CC(CCN1CCS2(CCc3ccccc32)CC1)c1ccc(Cl)c(Cl)c1)C(=O)c1ccccc1. The minimum Gasteiger partial charge on any atom is -0.341 e. The molecule has 0 saturated carbocycles. The molecule has 5 rings (SSSR count). The highest BCUT2D eigenvalue weighted by Crippen LogP contribution is 2.62. The van der Waals surface area contributed by atoms with E-state index in [0.29, 0.717) is 22.2 Å². The molecular weight excluding hydrogens is 507 g/mol. The van der Waals surface area contributed by atoms with Gasteiger partial charge in [0.25, 0.3) is 5.91 Å². The lowest BCUT2D eigenvalue weighted by Gasteiger charge is -2.45. The summed E-state index contributed by atoms with van der Waals surface area (Å²) in [6, 6.07) is 24.5. The molecule has 3 aromatic rings. The first-order chi connectivity index (χ1) is 17.4. The zero-order valence-corrected chi connectivity index (χ0v) is 23.2. The first-order valence-electron chi connectivity index (χ1n) is 12.8. The summed E-state index contributed by atoms with van der Waals surface area (Å²) in [5, 5.41) is 1.13. The number of aryl methyl sites for hydroxylation is 1. The van der Waals surface area contributed by atoms with Gasteiger partial charge in [-0.3, -0.25) is 4.79 Å². The van der Waals surface area contributed by atoms with Crippen molar-refractivity contribution in [1.29, 1.82) is 0 Å². The van der Waals surface area contributed by atoms with Crippen molar-refractivity contribution in [2.24, 2.45) is 0 Å². The molecule has 0 bridgehead atoms. The summed E-state index contributed by atoms with van der Waals surface area (Å²) >= 11 is 12.6. The summed E-state index contributed by atoms with van der Waals surface area (Å²) in [7, 11) is 1.25. The van der Waals surface area contributed by atoms with E-state index < -0.39 is 10.0 Å². The highest BCUT2D eigenvalue weighted by atomic mass is 35.5. The van der Waals surface area contributed by atoms with E-state index >= 15 is 0 Å². The van der Waals surface area contributed by atoms with Crippen molar-refractivity contribution in [2.45, 2.75) is 23.7 Å². The van der Waals surface area contributed by atoms with Crippen molar-refractivity contribution in [3.05, 3.63) is 99.5 Å². The third kappa shape index (κ3) is 5.47. The van der Waals surface area contributed by atoms with Crippen molar-refractivity contribution in [2.75, 3.05) is 50.5 Å². The molecule has 1 saturated heterocycles. The highest BCUT2D eigenvalue weighted by Gasteiger charge is 2.36. The zero-order chi connectivity index (χ0) is 25.1. The van der Waals surface area contributed by atoms with E-state index in [4.69, 9.17) is 23.2 Å². The van der Waals surface area contributed by atoms with Crippen LogP contribution in [0.3, 0.4) is 0 Å². The Balaban J connectivity index is 1.25. The van der Waals surface area contributed by atoms with Crippen molar-refractivity contribution in [1.82, 2.24) is 9.80 Å². The molecule has 0 N–H and O–H groups in total. The number of halogens is 2. The molecular formula is C30H34Cl2N2OS. The lowest BCUT2D eigenvalue weighted by atomic mass is 9.94. The number of hydrogen-bond acceptors (Lipinski definition) is 2. The van der Waals surface area contributed by atoms with Crippen LogP contribution in [-0.4, -0.2) is 66.2 Å². The first kappa shape index (κ1) is 25.7. The molecule has 2 heterocycles. The largest absolute Gasteiger partial charge is 0.341 e. The highest BCUT2D eigenvalue weighted by molar-refractivity contribution is 8.34.